The SMILES string of the molecule is C[C@@H](OC(=O)c1ccc2c(c1)CCC2)C(=O)Nc1ccc(Cl)cn1. The predicted molar refractivity (Wildman–Crippen MR) is 91.2 cm³/mol. The van der Waals surface area contributed by atoms with Crippen LogP contribution in [0.25, 0.3) is 0 Å². The van der Waals surface area contributed by atoms with Gasteiger partial charge in [0.1, 0.15) is 5.82 Å². The third-order valence-electron chi connectivity index (χ3n) is 3.97. The Morgan fingerprint density at radius 3 is 2.75 bits per heavy atom. The highest BCUT2D eigenvalue weighted by Crippen LogP contribution is 2.23. The van der Waals surface area contributed by atoms with Crippen molar-refractivity contribution in [2.75, 3.05) is 5.32 Å². The minimum Gasteiger partial charge on any atom is -0.449 e. The van der Waals surface area contributed by atoms with Crippen molar-refractivity contribution in [2.45, 2.75) is 32.3 Å². The van der Waals surface area contributed by atoms with E-state index in [1.807, 2.05) is 12.1 Å². The Labute approximate surface area is 145 Å². The summed E-state index contributed by atoms with van der Waals surface area (Å²) >= 11 is 5.74. The monoisotopic (exact) mass is 344 g/mol. The first-order chi connectivity index (χ1) is 11.5. The number of carbonyl (C=O) groups excluding carboxylic acids is 2. The molecule has 1 aliphatic carbocycles. The van der Waals surface area contributed by atoms with Gasteiger partial charge in [-0.1, -0.05) is 17.7 Å². The van der Waals surface area contributed by atoms with Gasteiger partial charge in [0.15, 0.2) is 6.10 Å². The molecule has 1 aromatic heterocycles. The van der Waals surface area contributed by atoms with Crippen molar-refractivity contribution in [2.24, 2.45) is 0 Å². The maximum absolute atomic E-state index is 12.2. The van der Waals surface area contributed by atoms with Crippen LogP contribution in [-0.4, -0.2) is 23.0 Å². The van der Waals surface area contributed by atoms with Crippen molar-refractivity contribution < 1.29 is 14.3 Å². The maximum Gasteiger partial charge on any atom is 0.338 e. The van der Waals surface area contributed by atoms with E-state index in [0.717, 1.165) is 19.3 Å². The summed E-state index contributed by atoms with van der Waals surface area (Å²) in [5.41, 5.74) is 2.94. The van der Waals surface area contributed by atoms with Crippen LogP contribution >= 0.6 is 11.6 Å². The molecule has 1 aromatic carbocycles. The van der Waals surface area contributed by atoms with Gasteiger partial charge in [-0.25, -0.2) is 9.78 Å². The maximum atomic E-state index is 12.2. The van der Waals surface area contributed by atoms with Crippen LogP contribution in [0.4, 0.5) is 5.82 Å². The number of hydrogen-bond acceptors (Lipinski definition) is 4. The van der Waals surface area contributed by atoms with Gasteiger partial charge in [0.25, 0.3) is 5.91 Å². The third-order valence-corrected chi connectivity index (χ3v) is 4.19. The lowest BCUT2D eigenvalue weighted by Crippen LogP contribution is -2.30. The molecule has 0 saturated carbocycles. The second-order valence-corrected chi connectivity index (χ2v) is 6.17. The number of benzene rings is 1. The number of fused-ring (bicyclic) bond motifs is 1. The molecular formula is C18H17ClN2O3. The third kappa shape index (κ3) is 3.74. The van der Waals surface area contributed by atoms with E-state index in [4.69, 9.17) is 16.3 Å². The molecule has 0 saturated heterocycles. The van der Waals surface area contributed by atoms with Gasteiger partial charge in [-0.15, -0.1) is 0 Å². The van der Waals surface area contributed by atoms with E-state index in [2.05, 4.69) is 10.3 Å². The first-order valence-corrected chi connectivity index (χ1v) is 8.16. The highest BCUT2D eigenvalue weighted by molar-refractivity contribution is 6.30. The van der Waals surface area contributed by atoms with Gasteiger partial charge in [-0.2, -0.15) is 0 Å². The van der Waals surface area contributed by atoms with Gasteiger partial charge in [0, 0.05) is 6.20 Å². The zero-order valence-electron chi connectivity index (χ0n) is 13.2. The van der Waals surface area contributed by atoms with Crippen LogP contribution in [0, 0.1) is 0 Å². The molecule has 2 aromatic rings. The molecule has 1 amide bonds. The summed E-state index contributed by atoms with van der Waals surface area (Å²) in [7, 11) is 0. The Kier molecular flexibility index (Phi) is 4.81. The van der Waals surface area contributed by atoms with Crippen LogP contribution < -0.4 is 5.32 Å². The fourth-order valence-electron chi connectivity index (χ4n) is 2.66. The van der Waals surface area contributed by atoms with Crippen LogP contribution in [-0.2, 0) is 22.4 Å². The van der Waals surface area contributed by atoms with Gasteiger partial charge in [0.05, 0.1) is 10.6 Å². The lowest BCUT2D eigenvalue weighted by molar-refractivity contribution is -0.123. The van der Waals surface area contributed by atoms with E-state index in [0.29, 0.717) is 16.4 Å². The first kappa shape index (κ1) is 16.5. The van der Waals surface area contributed by atoms with Crippen molar-refractivity contribution in [1.82, 2.24) is 4.98 Å². The second-order valence-electron chi connectivity index (χ2n) is 5.74. The molecule has 24 heavy (non-hydrogen) atoms. The number of nitrogens with zero attached hydrogens (tertiary/aromatic N) is 1. The van der Waals surface area contributed by atoms with Crippen molar-refractivity contribution in [1.29, 1.82) is 0 Å². The molecule has 0 bridgehead atoms. The van der Waals surface area contributed by atoms with E-state index in [1.54, 1.807) is 18.2 Å². The molecule has 5 nitrogen and oxygen atoms in total. The fourth-order valence-corrected chi connectivity index (χ4v) is 2.77. The minimum atomic E-state index is -0.928. The molecule has 0 radical (unpaired) electrons. The number of hydrogen-bond donors (Lipinski definition) is 1. The van der Waals surface area contributed by atoms with Gasteiger partial charge < -0.3 is 10.1 Å². The Bertz CT molecular complexity index is 774. The smallest absolute Gasteiger partial charge is 0.338 e. The summed E-state index contributed by atoms with van der Waals surface area (Å²) in [6.45, 7) is 1.52. The van der Waals surface area contributed by atoms with Crippen LogP contribution in [0.5, 0.6) is 0 Å². The molecule has 1 heterocycles. The van der Waals surface area contributed by atoms with E-state index >= 15 is 0 Å². The highest BCUT2D eigenvalue weighted by Gasteiger charge is 2.21. The number of nitrogens with one attached hydrogen (secondary N) is 1. The number of aromatic nitrogens is 1. The summed E-state index contributed by atoms with van der Waals surface area (Å²) in [4.78, 5) is 28.3. The molecule has 0 aliphatic heterocycles. The number of anilines is 1. The Morgan fingerprint density at radius 2 is 2.00 bits per heavy atom. The number of halogens is 1. The van der Waals surface area contributed by atoms with E-state index in [1.165, 1.54) is 24.2 Å². The normalized spacial score (nSPS) is 13.9. The Balaban J connectivity index is 1.61. The van der Waals surface area contributed by atoms with Crippen molar-refractivity contribution in [3.63, 3.8) is 0 Å². The quantitative estimate of drug-likeness (QED) is 0.863. The predicted octanol–water partition coefficient (Wildman–Crippen LogP) is 3.41. The van der Waals surface area contributed by atoms with Crippen molar-refractivity contribution in [3.05, 3.63) is 58.2 Å². The van der Waals surface area contributed by atoms with Gasteiger partial charge in [-0.05, 0) is 61.6 Å². The van der Waals surface area contributed by atoms with Crippen molar-refractivity contribution in [3.8, 4) is 0 Å². The topological polar surface area (TPSA) is 68.3 Å². The highest BCUT2D eigenvalue weighted by atomic mass is 35.5. The van der Waals surface area contributed by atoms with Gasteiger partial charge in [0.2, 0.25) is 0 Å². The molecule has 1 atom stereocenters. The average molecular weight is 345 g/mol. The zero-order valence-corrected chi connectivity index (χ0v) is 14.0. The van der Waals surface area contributed by atoms with Crippen LogP contribution in [0.2, 0.25) is 5.02 Å². The standard InChI is InChI=1S/C18H17ClN2O3/c1-11(17(22)21-16-8-7-15(19)10-20-16)24-18(23)14-6-5-12-3-2-4-13(12)9-14/h5-11H,2-4H2,1H3,(H,20,21,22)/t11-/m1/s1. The number of aryl methyl sites for hydroxylation is 2. The molecule has 0 fully saturated rings. The molecule has 0 unspecified atom stereocenters. The summed E-state index contributed by atoms with van der Waals surface area (Å²) in [6, 6.07) is 8.76. The summed E-state index contributed by atoms with van der Waals surface area (Å²) in [5, 5.41) is 3.06. The summed E-state index contributed by atoms with van der Waals surface area (Å²) < 4.78 is 5.25. The molecule has 1 N–H and O–H groups in total. The van der Waals surface area contributed by atoms with E-state index in [9.17, 15) is 9.59 Å². The van der Waals surface area contributed by atoms with Gasteiger partial charge >= 0.3 is 5.97 Å². The number of amides is 1. The average Bonchev–Trinajstić information content (AvgIpc) is 3.04. The molecule has 0 spiro atoms. The van der Waals surface area contributed by atoms with Gasteiger partial charge in [-0.3, -0.25) is 4.79 Å². The second kappa shape index (κ2) is 7.01. The number of pyridine rings is 1. The number of rotatable bonds is 4. The largest absolute Gasteiger partial charge is 0.449 e. The van der Waals surface area contributed by atoms with E-state index < -0.39 is 18.0 Å². The lowest BCUT2D eigenvalue weighted by Gasteiger charge is -2.13. The molecule has 6 heteroatoms. The van der Waals surface area contributed by atoms with Crippen molar-refractivity contribution >= 4 is 29.3 Å². The molecular weight excluding hydrogens is 328 g/mol. The molecule has 124 valence electrons. The Morgan fingerprint density at radius 1 is 1.21 bits per heavy atom. The van der Waals surface area contributed by atoms with Crippen LogP contribution in [0.15, 0.2) is 36.5 Å². The minimum absolute atomic E-state index is 0.352. The van der Waals surface area contributed by atoms with E-state index in [-0.39, 0.29) is 0 Å². The van der Waals surface area contributed by atoms with Crippen LogP contribution in [0.3, 0.4) is 0 Å². The number of ether oxygens (including phenoxy) is 1. The summed E-state index contributed by atoms with van der Waals surface area (Å²) in [6.07, 6.45) is 3.65. The number of esters is 1. The van der Waals surface area contributed by atoms with Crippen LogP contribution in [0.1, 0.15) is 34.8 Å². The molecule has 1 aliphatic rings. The summed E-state index contributed by atoms with van der Waals surface area (Å²) in [5.74, 6) is -0.597. The lowest BCUT2D eigenvalue weighted by atomic mass is 10.1. The number of carbonyl (C=O) groups is 2. The first-order valence-electron chi connectivity index (χ1n) is 7.78. The fraction of sp³-hybridized carbons (Fsp3) is 0.278. The zero-order chi connectivity index (χ0) is 17.1. The molecule has 3 rings (SSSR count). The Hall–Kier alpha value is -2.40.